The molecule has 2 amide bonds. The van der Waals surface area contributed by atoms with E-state index in [0.29, 0.717) is 40.9 Å². The summed E-state index contributed by atoms with van der Waals surface area (Å²) in [5.74, 6) is 0.281. The number of aromatic amines is 1. The molecule has 1 N–H and O–H groups in total. The Hall–Kier alpha value is -3.48. The van der Waals surface area contributed by atoms with Crippen LogP contribution in [0.3, 0.4) is 0 Å². The lowest BCUT2D eigenvalue weighted by atomic mass is 10.1. The Bertz CT molecular complexity index is 1430. The van der Waals surface area contributed by atoms with Crippen LogP contribution in [0.1, 0.15) is 35.3 Å². The predicted octanol–water partition coefficient (Wildman–Crippen LogP) is 6.61. The minimum absolute atomic E-state index is 0.0697. The van der Waals surface area contributed by atoms with Crippen molar-refractivity contribution in [2.45, 2.75) is 32.9 Å². The average Bonchev–Trinajstić information content (AvgIpc) is 3.33. The maximum Gasteiger partial charge on any atom is 0.254 e. The molecule has 4 aromatic rings. The van der Waals surface area contributed by atoms with E-state index >= 15 is 0 Å². The number of carbonyl (C=O) groups excluding carboxylic acids is 2. The second-order valence-electron chi connectivity index (χ2n) is 9.39. The van der Waals surface area contributed by atoms with E-state index in [4.69, 9.17) is 27.9 Å². The second-order valence-corrected chi connectivity index (χ2v) is 10.2. The number of amides is 2. The van der Waals surface area contributed by atoms with Gasteiger partial charge in [0.15, 0.2) is 0 Å². The molecule has 0 fully saturated rings. The van der Waals surface area contributed by atoms with Gasteiger partial charge in [0.25, 0.3) is 5.91 Å². The largest absolute Gasteiger partial charge is 0.496 e. The third kappa shape index (κ3) is 6.32. The molecule has 3 aromatic carbocycles. The fraction of sp³-hybridized carbons (Fsp3) is 0.267. The fourth-order valence-electron chi connectivity index (χ4n) is 4.45. The lowest BCUT2D eigenvalue weighted by molar-refractivity contribution is -0.132. The maximum absolute atomic E-state index is 13.8. The topological polar surface area (TPSA) is 65.6 Å². The summed E-state index contributed by atoms with van der Waals surface area (Å²) in [6.07, 6.45) is 2.65. The van der Waals surface area contributed by atoms with Crippen LogP contribution in [-0.4, -0.2) is 52.8 Å². The number of aromatic nitrogens is 1. The zero-order valence-electron chi connectivity index (χ0n) is 21.7. The highest BCUT2D eigenvalue weighted by Crippen LogP contribution is 2.25. The van der Waals surface area contributed by atoms with E-state index in [-0.39, 0.29) is 24.4 Å². The minimum atomic E-state index is -0.277. The summed E-state index contributed by atoms with van der Waals surface area (Å²) < 4.78 is 5.54. The summed E-state index contributed by atoms with van der Waals surface area (Å²) in [5, 5.41) is 1.80. The normalized spacial score (nSPS) is 11.1. The number of para-hydroxylation sites is 2. The molecule has 0 spiro atoms. The Morgan fingerprint density at radius 2 is 1.68 bits per heavy atom. The molecule has 0 unspecified atom stereocenters. The molecule has 0 aliphatic carbocycles. The summed E-state index contributed by atoms with van der Waals surface area (Å²) in [6.45, 7) is 4.54. The molecular weight excluding hydrogens is 521 g/mol. The highest BCUT2D eigenvalue weighted by atomic mass is 35.5. The Labute approximate surface area is 233 Å². The zero-order chi connectivity index (χ0) is 27.2. The van der Waals surface area contributed by atoms with Crippen LogP contribution in [0.5, 0.6) is 5.75 Å². The first-order chi connectivity index (χ1) is 18.3. The van der Waals surface area contributed by atoms with Crippen molar-refractivity contribution in [3.05, 3.63) is 99.7 Å². The molecule has 0 aliphatic heterocycles. The zero-order valence-corrected chi connectivity index (χ0v) is 23.2. The van der Waals surface area contributed by atoms with Crippen molar-refractivity contribution in [2.75, 3.05) is 20.2 Å². The van der Waals surface area contributed by atoms with Gasteiger partial charge in [0.1, 0.15) is 12.3 Å². The van der Waals surface area contributed by atoms with Crippen LogP contribution in [-0.2, 0) is 17.8 Å². The van der Waals surface area contributed by atoms with Gasteiger partial charge in [-0.1, -0.05) is 59.6 Å². The number of methoxy groups -OCH3 is 1. The Morgan fingerprint density at radius 3 is 2.42 bits per heavy atom. The number of benzene rings is 3. The van der Waals surface area contributed by atoms with E-state index in [1.54, 1.807) is 29.0 Å². The van der Waals surface area contributed by atoms with Crippen molar-refractivity contribution in [3.63, 3.8) is 0 Å². The van der Waals surface area contributed by atoms with Gasteiger partial charge in [-0.25, -0.2) is 0 Å². The van der Waals surface area contributed by atoms with Gasteiger partial charge in [-0.15, -0.1) is 0 Å². The standard InChI is InChI=1S/C30H31Cl2N3O3/c1-20(2)35(30(37)21-12-13-25(31)26(32)16-21)19-29(36)34(18-23-8-4-7-11-28(23)38-3)15-14-22-17-33-27-10-6-5-9-24(22)27/h4-13,16-17,20,33H,14-15,18-19H2,1-3H3. The lowest BCUT2D eigenvalue weighted by Gasteiger charge is -2.30. The van der Waals surface area contributed by atoms with Crippen LogP contribution in [0.25, 0.3) is 10.9 Å². The highest BCUT2D eigenvalue weighted by Gasteiger charge is 2.26. The molecule has 0 saturated carbocycles. The van der Waals surface area contributed by atoms with Gasteiger partial charge in [-0.05, 0) is 56.2 Å². The third-order valence-electron chi connectivity index (χ3n) is 6.59. The number of halogens is 2. The number of carbonyl (C=O) groups is 2. The van der Waals surface area contributed by atoms with E-state index in [9.17, 15) is 9.59 Å². The van der Waals surface area contributed by atoms with Crippen LogP contribution in [0.15, 0.2) is 72.9 Å². The number of hydrogen-bond acceptors (Lipinski definition) is 3. The molecule has 0 saturated heterocycles. The van der Waals surface area contributed by atoms with Gasteiger partial charge in [0, 0.05) is 47.4 Å². The van der Waals surface area contributed by atoms with Gasteiger partial charge >= 0.3 is 0 Å². The van der Waals surface area contributed by atoms with E-state index in [1.165, 1.54) is 6.07 Å². The number of fused-ring (bicyclic) bond motifs is 1. The van der Waals surface area contributed by atoms with E-state index in [1.807, 2.05) is 62.5 Å². The van der Waals surface area contributed by atoms with Gasteiger partial charge in [-0.3, -0.25) is 9.59 Å². The smallest absolute Gasteiger partial charge is 0.254 e. The van der Waals surface area contributed by atoms with Gasteiger partial charge in [0.2, 0.25) is 5.91 Å². The maximum atomic E-state index is 13.8. The monoisotopic (exact) mass is 551 g/mol. The van der Waals surface area contributed by atoms with Gasteiger partial charge in [0.05, 0.1) is 17.2 Å². The number of H-pyrrole nitrogens is 1. The van der Waals surface area contributed by atoms with Crippen LogP contribution in [0.4, 0.5) is 0 Å². The molecule has 38 heavy (non-hydrogen) atoms. The molecule has 1 heterocycles. The summed E-state index contributed by atoms with van der Waals surface area (Å²) in [4.78, 5) is 33.8. The molecule has 0 bridgehead atoms. The van der Waals surface area contributed by atoms with Crippen LogP contribution >= 0.6 is 23.2 Å². The van der Waals surface area contributed by atoms with E-state index < -0.39 is 0 Å². The number of nitrogens with zero attached hydrogens (tertiary/aromatic N) is 2. The quantitative estimate of drug-likeness (QED) is 0.241. The van der Waals surface area contributed by atoms with Crippen LogP contribution in [0, 0.1) is 0 Å². The molecule has 0 atom stereocenters. The van der Waals surface area contributed by atoms with E-state index in [2.05, 4.69) is 11.1 Å². The Balaban J connectivity index is 1.58. The first kappa shape index (κ1) is 27.6. The fourth-order valence-corrected chi connectivity index (χ4v) is 4.75. The Morgan fingerprint density at radius 1 is 0.947 bits per heavy atom. The average molecular weight is 553 g/mol. The molecule has 8 heteroatoms. The molecule has 1 aromatic heterocycles. The lowest BCUT2D eigenvalue weighted by Crippen LogP contribution is -2.46. The molecule has 198 valence electrons. The first-order valence-electron chi connectivity index (χ1n) is 12.5. The van der Waals surface area contributed by atoms with Gasteiger partial charge in [-0.2, -0.15) is 0 Å². The SMILES string of the molecule is COc1ccccc1CN(CCc1c[nH]c2ccccc12)C(=O)CN(C(=O)c1ccc(Cl)c(Cl)c1)C(C)C. The summed E-state index contributed by atoms with van der Waals surface area (Å²) in [6, 6.07) is 20.3. The Kier molecular flexibility index (Phi) is 8.97. The summed E-state index contributed by atoms with van der Waals surface area (Å²) in [5.41, 5.74) is 3.47. The van der Waals surface area contributed by atoms with E-state index in [0.717, 1.165) is 22.0 Å². The van der Waals surface area contributed by atoms with Crippen molar-refractivity contribution < 1.29 is 14.3 Å². The number of hydrogen-bond donors (Lipinski definition) is 1. The van der Waals surface area contributed by atoms with Crippen molar-refractivity contribution in [1.29, 1.82) is 0 Å². The third-order valence-corrected chi connectivity index (χ3v) is 7.33. The van der Waals surface area contributed by atoms with Crippen LogP contribution < -0.4 is 4.74 Å². The number of ether oxygens (including phenoxy) is 1. The molecule has 6 nitrogen and oxygen atoms in total. The van der Waals surface area contributed by atoms with Crippen LogP contribution in [0.2, 0.25) is 10.0 Å². The molecule has 0 radical (unpaired) electrons. The minimum Gasteiger partial charge on any atom is -0.496 e. The van der Waals surface area contributed by atoms with Crippen molar-refractivity contribution in [3.8, 4) is 5.75 Å². The predicted molar refractivity (Wildman–Crippen MR) is 153 cm³/mol. The number of nitrogens with one attached hydrogen (secondary N) is 1. The van der Waals surface area contributed by atoms with Crippen molar-refractivity contribution >= 4 is 45.9 Å². The van der Waals surface area contributed by atoms with Crippen molar-refractivity contribution in [2.24, 2.45) is 0 Å². The number of rotatable bonds is 10. The molecular formula is C30H31Cl2N3O3. The van der Waals surface area contributed by atoms with Gasteiger partial charge < -0.3 is 19.5 Å². The summed E-state index contributed by atoms with van der Waals surface area (Å²) in [7, 11) is 1.62. The highest BCUT2D eigenvalue weighted by molar-refractivity contribution is 6.42. The first-order valence-corrected chi connectivity index (χ1v) is 13.2. The molecule has 4 rings (SSSR count). The molecule has 0 aliphatic rings. The summed E-state index contributed by atoms with van der Waals surface area (Å²) >= 11 is 12.2. The second kappa shape index (κ2) is 12.4. The van der Waals surface area contributed by atoms with Crippen molar-refractivity contribution in [1.82, 2.24) is 14.8 Å².